The molecule has 0 bridgehead atoms. The number of benzene rings is 2. The monoisotopic (exact) mass is 353 g/mol. The summed E-state index contributed by atoms with van der Waals surface area (Å²) in [5, 5.41) is 27.7. The molecule has 7 heteroatoms. The molecule has 0 aliphatic rings. The molecule has 3 rings (SSSR count). The zero-order valence-electron chi connectivity index (χ0n) is 14.5. The van der Waals surface area contributed by atoms with E-state index in [-0.39, 0.29) is 24.4 Å². The topological polar surface area (TPSA) is 104 Å². The molecule has 0 aliphatic carbocycles. The summed E-state index contributed by atoms with van der Waals surface area (Å²) in [6, 6.07) is 10.6. The van der Waals surface area contributed by atoms with Crippen LogP contribution in [0.25, 0.3) is 10.8 Å². The molecule has 0 unspecified atom stereocenters. The van der Waals surface area contributed by atoms with Gasteiger partial charge in [-0.15, -0.1) is 0 Å². The Morgan fingerprint density at radius 3 is 2.62 bits per heavy atom. The molecule has 0 radical (unpaired) electrons. The largest absolute Gasteiger partial charge is 0.506 e. The van der Waals surface area contributed by atoms with Crippen molar-refractivity contribution in [3.8, 4) is 5.75 Å². The van der Waals surface area contributed by atoms with Gasteiger partial charge in [0.25, 0.3) is 5.91 Å². The van der Waals surface area contributed by atoms with Crippen molar-refractivity contribution < 1.29 is 19.8 Å². The van der Waals surface area contributed by atoms with Crippen LogP contribution in [0.15, 0.2) is 36.4 Å². The minimum Gasteiger partial charge on any atom is -0.506 e. The average Bonchev–Trinajstić information content (AvgIpc) is 2.86. The van der Waals surface area contributed by atoms with Crippen molar-refractivity contribution in [2.45, 2.75) is 26.9 Å². The van der Waals surface area contributed by atoms with Crippen molar-refractivity contribution in [3.05, 3.63) is 58.9 Å². The maximum atomic E-state index is 12.5. The highest BCUT2D eigenvalue weighted by Crippen LogP contribution is 2.28. The van der Waals surface area contributed by atoms with E-state index in [0.717, 1.165) is 10.9 Å². The second kappa shape index (κ2) is 6.87. The second-order valence-electron chi connectivity index (χ2n) is 6.07. The van der Waals surface area contributed by atoms with E-state index in [1.807, 2.05) is 12.1 Å². The lowest BCUT2D eigenvalue weighted by Gasteiger charge is -2.09. The second-order valence-corrected chi connectivity index (χ2v) is 6.07. The number of phenolic OH excluding ortho intramolecular Hbond substituents is 1. The first kappa shape index (κ1) is 17.5. The Kier molecular flexibility index (Phi) is 4.62. The maximum Gasteiger partial charge on any atom is 0.325 e. The van der Waals surface area contributed by atoms with E-state index in [9.17, 15) is 14.7 Å². The number of aromatic hydroxyl groups is 1. The van der Waals surface area contributed by atoms with Gasteiger partial charge in [-0.25, -0.2) is 0 Å². The quantitative estimate of drug-likeness (QED) is 0.653. The van der Waals surface area contributed by atoms with Crippen molar-refractivity contribution in [3.63, 3.8) is 0 Å². The lowest BCUT2D eigenvalue weighted by Crippen LogP contribution is -2.23. The number of hydrogen-bond acceptors (Lipinski definition) is 4. The third kappa shape index (κ3) is 3.23. The van der Waals surface area contributed by atoms with Gasteiger partial charge in [0.2, 0.25) is 0 Å². The van der Waals surface area contributed by atoms with E-state index in [4.69, 9.17) is 5.11 Å². The fourth-order valence-electron chi connectivity index (χ4n) is 2.97. The summed E-state index contributed by atoms with van der Waals surface area (Å²) in [6.45, 7) is 3.49. The molecule has 0 fully saturated rings. The van der Waals surface area contributed by atoms with Gasteiger partial charge in [-0.2, -0.15) is 5.10 Å². The summed E-state index contributed by atoms with van der Waals surface area (Å²) in [7, 11) is 0. The van der Waals surface area contributed by atoms with Gasteiger partial charge in [-0.1, -0.05) is 30.3 Å². The van der Waals surface area contributed by atoms with Gasteiger partial charge in [0.1, 0.15) is 12.3 Å². The smallest absolute Gasteiger partial charge is 0.325 e. The standard InChI is InChI=1S/C19H19N3O4/c1-11-16(12(2)22(21-11)10-17(23)24)9-20-19(26)15-8-7-13-5-3-4-6-14(13)18(15)25/h3-8,25H,9-10H2,1-2H3,(H,20,26)(H,23,24). The van der Waals surface area contributed by atoms with Crippen LogP contribution in [-0.4, -0.2) is 31.9 Å². The first-order valence-electron chi connectivity index (χ1n) is 8.12. The van der Waals surface area contributed by atoms with Crippen LogP contribution >= 0.6 is 0 Å². The van der Waals surface area contributed by atoms with Gasteiger partial charge < -0.3 is 15.5 Å². The highest BCUT2D eigenvalue weighted by atomic mass is 16.4. The molecule has 7 nitrogen and oxygen atoms in total. The summed E-state index contributed by atoms with van der Waals surface area (Å²) in [5.74, 6) is -1.44. The lowest BCUT2D eigenvalue weighted by molar-refractivity contribution is -0.137. The van der Waals surface area contributed by atoms with Crippen LogP contribution in [0.3, 0.4) is 0 Å². The van der Waals surface area contributed by atoms with Crippen LogP contribution < -0.4 is 5.32 Å². The summed E-state index contributed by atoms with van der Waals surface area (Å²) >= 11 is 0. The average molecular weight is 353 g/mol. The molecule has 0 aliphatic heterocycles. The Morgan fingerprint density at radius 1 is 1.15 bits per heavy atom. The van der Waals surface area contributed by atoms with Crippen molar-refractivity contribution in [2.75, 3.05) is 0 Å². The van der Waals surface area contributed by atoms with Gasteiger partial charge in [0.05, 0.1) is 11.3 Å². The van der Waals surface area contributed by atoms with Gasteiger partial charge in [-0.05, 0) is 25.3 Å². The Bertz CT molecular complexity index is 1010. The minimum absolute atomic E-state index is 0.0596. The number of nitrogens with one attached hydrogen (secondary N) is 1. The zero-order chi connectivity index (χ0) is 18.8. The van der Waals surface area contributed by atoms with E-state index >= 15 is 0 Å². The molecule has 0 spiro atoms. The van der Waals surface area contributed by atoms with Crippen LogP contribution in [-0.2, 0) is 17.9 Å². The number of carboxylic acid groups (broad SMARTS) is 1. The Balaban J connectivity index is 1.81. The molecule has 0 saturated heterocycles. The first-order valence-corrected chi connectivity index (χ1v) is 8.12. The summed E-state index contributed by atoms with van der Waals surface area (Å²) in [5.41, 5.74) is 2.30. The van der Waals surface area contributed by atoms with Crippen LogP contribution in [0.4, 0.5) is 0 Å². The number of aromatic nitrogens is 2. The predicted molar refractivity (Wildman–Crippen MR) is 96.1 cm³/mol. The van der Waals surface area contributed by atoms with Crippen LogP contribution in [0.1, 0.15) is 27.3 Å². The highest BCUT2D eigenvalue weighted by Gasteiger charge is 2.17. The number of aryl methyl sites for hydroxylation is 1. The van der Waals surface area contributed by atoms with Gasteiger partial charge in [-0.3, -0.25) is 14.3 Å². The van der Waals surface area contributed by atoms with Crippen molar-refractivity contribution in [2.24, 2.45) is 0 Å². The third-order valence-corrected chi connectivity index (χ3v) is 4.39. The number of aliphatic carboxylic acids is 1. The number of carbonyl (C=O) groups excluding carboxylic acids is 1. The summed E-state index contributed by atoms with van der Waals surface area (Å²) in [4.78, 5) is 23.4. The first-order chi connectivity index (χ1) is 12.4. The summed E-state index contributed by atoms with van der Waals surface area (Å²) in [6.07, 6.45) is 0. The van der Waals surface area contributed by atoms with Crippen LogP contribution in [0.5, 0.6) is 5.75 Å². The molecule has 0 saturated carbocycles. The molecule has 2 aromatic carbocycles. The van der Waals surface area contributed by atoms with Gasteiger partial charge >= 0.3 is 5.97 Å². The van der Waals surface area contributed by atoms with Gasteiger partial charge in [0.15, 0.2) is 0 Å². The van der Waals surface area contributed by atoms with Crippen molar-refractivity contribution in [1.82, 2.24) is 15.1 Å². The lowest BCUT2D eigenvalue weighted by atomic mass is 10.0. The third-order valence-electron chi connectivity index (χ3n) is 4.39. The SMILES string of the molecule is Cc1nn(CC(=O)O)c(C)c1CNC(=O)c1ccc2ccccc2c1O. The van der Waals surface area contributed by atoms with Crippen molar-refractivity contribution in [1.29, 1.82) is 0 Å². The Morgan fingerprint density at radius 2 is 1.88 bits per heavy atom. The number of rotatable bonds is 5. The Labute approximate surface area is 149 Å². The zero-order valence-corrected chi connectivity index (χ0v) is 14.5. The molecule has 26 heavy (non-hydrogen) atoms. The molecule has 1 amide bonds. The summed E-state index contributed by atoms with van der Waals surface area (Å²) < 4.78 is 1.40. The normalized spacial score (nSPS) is 10.8. The van der Waals surface area contributed by atoms with Crippen LogP contribution in [0.2, 0.25) is 0 Å². The number of carboxylic acids is 1. The molecule has 1 heterocycles. The van der Waals surface area contributed by atoms with Gasteiger partial charge in [0, 0.05) is 23.2 Å². The highest BCUT2D eigenvalue weighted by molar-refractivity contribution is 6.03. The number of fused-ring (bicyclic) bond motifs is 1. The number of nitrogens with zero attached hydrogens (tertiary/aromatic N) is 2. The molecule has 1 aromatic heterocycles. The molecule has 3 N–H and O–H groups in total. The number of hydrogen-bond donors (Lipinski definition) is 3. The predicted octanol–water partition coefficient (Wildman–Crippen LogP) is 2.37. The number of carbonyl (C=O) groups is 2. The Hall–Kier alpha value is -3.35. The molecular formula is C19H19N3O4. The van der Waals surface area contributed by atoms with E-state index in [1.54, 1.807) is 38.1 Å². The van der Waals surface area contributed by atoms with Crippen LogP contribution in [0, 0.1) is 13.8 Å². The number of phenols is 1. The van der Waals surface area contributed by atoms with E-state index in [0.29, 0.717) is 16.8 Å². The molecule has 134 valence electrons. The van der Waals surface area contributed by atoms with E-state index < -0.39 is 11.9 Å². The fraction of sp³-hybridized carbons (Fsp3) is 0.211. The molecule has 0 atom stereocenters. The van der Waals surface area contributed by atoms with E-state index in [2.05, 4.69) is 10.4 Å². The maximum absolute atomic E-state index is 12.5. The molecular weight excluding hydrogens is 334 g/mol. The fourth-order valence-corrected chi connectivity index (χ4v) is 2.97. The minimum atomic E-state index is -0.979. The van der Waals surface area contributed by atoms with E-state index in [1.165, 1.54) is 4.68 Å². The van der Waals surface area contributed by atoms with Crippen molar-refractivity contribution >= 4 is 22.6 Å². The number of amides is 1. The molecule has 3 aromatic rings.